The summed E-state index contributed by atoms with van der Waals surface area (Å²) in [6.07, 6.45) is -0.228. The fourth-order valence-electron chi connectivity index (χ4n) is 1.59. The highest BCUT2D eigenvalue weighted by Crippen LogP contribution is 2.13. The molecule has 96 valence electrons. The van der Waals surface area contributed by atoms with Crippen LogP contribution in [0.3, 0.4) is 0 Å². The second-order valence-electron chi connectivity index (χ2n) is 3.95. The molecule has 3 unspecified atom stereocenters. The molecule has 5 nitrogen and oxygen atoms in total. The third-order valence-electron chi connectivity index (χ3n) is 2.65. The van der Waals surface area contributed by atoms with E-state index in [0.29, 0.717) is 5.56 Å². The summed E-state index contributed by atoms with van der Waals surface area (Å²) in [6.45, 7) is -0.115. The SMILES string of the molecule is O=C(OCC1OC=CC(O)C1O)c1ccccc1. The van der Waals surface area contributed by atoms with Gasteiger partial charge in [0.1, 0.15) is 18.8 Å². The van der Waals surface area contributed by atoms with Gasteiger partial charge in [0.2, 0.25) is 0 Å². The number of carbonyl (C=O) groups is 1. The standard InChI is InChI=1S/C13H14O5/c14-10-6-7-17-11(12(10)15)8-18-13(16)9-4-2-1-3-5-9/h1-7,10-12,14-15H,8H2. The molecule has 1 aliphatic rings. The average molecular weight is 250 g/mol. The van der Waals surface area contributed by atoms with Gasteiger partial charge in [0.15, 0.2) is 6.10 Å². The molecule has 5 heteroatoms. The summed E-state index contributed by atoms with van der Waals surface area (Å²) >= 11 is 0. The maximum absolute atomic E-state index is 11.6. The molecule has 0 aliphatic carbocycles. The summed E-state index contributed by atoms with van der Waals surface area (Å²) in [5, 5.41) is 19.0. The van der Waals surface area contributed by atoms with Crippen molar-refractivity contribution in [1.29, 1.82) is 0 Å². The van der Waals surface area contributed by atoms with Crippen molar-refractivity contribution in [3.05, 3.63) is 48.2 Å². The van der Waals surface area contributed by atoms with E-state index in [-0.39, 0.29) is 6.61 Å². The van der Waals surface area contributed by atoms with Crippen LogP contribution >= 0.6 is 0 Å². The molecule has 0 aromatic heterocycles. The Morgan fingerprint density at radius 1 is 1.28 bits per heavy atom. The highest BCUT2D eigenvalue weighted by molar-refractivity contribution is 5.89. The van der Waals surface area contributed by atoms with Crippen LogP contribution in [0.15, 0.2) is 42.7 Å². The minimum absolute atomic E-state index is 0.115. The van der Waals surface area contributed by atoms with Crippen molar-refractivity contribution < 1.29 is 24.5 Å². The molecule has 0 bridgehead atoms. The lowest BCUT2D eigenvalue weighted by atomic mass is 10.1. The van der Waals surface area contributed by atoms with Crippen LogP contribution in [-0.4, -0.2) is 41.1 Å². The van der Waals surface area contributed by atoms with Gasteiger partial charge in [-0.15, -0.1) is 0 Å². The number of hydrogen-bond acceptors (Lipinski definition) is 5. The number of ether oxygens (including phenoxy) is 2. The van der Waals surface area contributed by atoms with E-state index in [0.717, 1.165) is 0 Å². The Morgan fingerprint density at radius 2 is 2.00 bits per heavy atom. The van der Waals surface area contributed by atoms with Crippen LogP contribution in [-0.2, 0) is 9.47 Å². The van der Waals surface area contributed by atoms with Gasteiger partial charge in [-0.2, -0.15) is 0 Å². The molecule has 1 heterocycles. The van der Waals surface area contributed by atoms with E-state index >= 15 is 0 Å². The zero-order chi connectivity index (χ0) is 13.0. The maximum atomic E-state index is 11.6. The molecule has 0 fully saturated rings. The minimum Gasteiger partial charge on any atom is -0.492 e. The average Bonchev–Trinajstić information content (AvgIpc) is 2.41. The van der Waals surface area contributed by atoms with Gasteiger partial charge in [0.25, 0.3) is 0 Å². The predicted octanol–water partition coefficient (Wildman–Crippen LogP) is 0.478. The molecule has 1 aromatic rings. The molecule has 2 rings (SSSR count). The van der Waals surface area contributed by atoms with Crippen molar-refractivity contribution in [3.63, 3.8) is 0 Å². The fraction of sp³-hybridized carbons (Fsp3) is 0.308. The van der Waals surface area contributed by atoms with Gasteiger partial charge < -0.3 is 19.7 Å². The summed E-state index contributed by atoms with van der Waals surface area (Å²) in [5.41, 5.74) is 0.430. The van der Waals surface area contributed by atoms with Gasteiger partial charge in [-0.25, -0.2) is 4.79 Å². The van der Waals surface area contributed by atoms with Crippen molar-refractivity contribution in [2.45, 2.75) is 18.3 Å². The number of esters is 1. The van der Waals surface area contributed by atoms with E-state index in [2.05, 4.69) is 0 Å². The Labute approximate surface area is 104 Å². The topological polar surface area (TPSA) is 76.0 Å². The molecule has 18 heavy (non-hydrogen) atoms. The minimum atomic E-state index is -1.10. The van der Waals surface area contributed by atoms with E-state index in [1.165, 1.54) is 12.3 Å². The second kappa shape index (κ2) is 5.66. The summed E-state index contributed by atoms with van der Waals surface area (Å²) in [4.78, 5) is 11.6. The van der Waals surface area contributed by atoms with Crippen molar-refractivity contribution >= 4 is 5.97 Å². The Kier molecular flexibility index (Phi) is 3.96. The molecule has 0 amide bonds. The number of benzene rings is 1. The number of hydrogen-bond donors (Lipinski definition) is 2. The lowest BCUT2D eigenvalue weighted by Crippen LogP contribution is -2.43. The van der Waals surface area contributed by atoms with Crippen LogP contribution in [0.2, 0.25) is 0 Å². The molecule has 2 N–H and O–H groups in total. The lowest BCUT2D eigenvalue weighted by molar-refractivity contribution is -0.0844. The first-order valence-corrected chi connectivity index (χ1v) is 5.59. The number of aliphatic hydroxyl groups excluding tert-OH is 2. The smallest absolute Gasteiger partial charge is 0.338 e. The van der Waals surface area contributed by atoms with E-state index in [1.54, 1.807) is 30.3 Å². The molecule has 0 spiro atoms. The van der Waals surface area contributed by atoms with Crippen molar-refractivity contribution in [1.82, 2.24) is 0 Å². The predicted molar refractivity (Wildman–Crippen MR) is 62.8 cm³/mol. The first-order valence-electron chi connectivity index (χ1n) is 5.59. The first-order chi connectivity index (χ1) is 8.68. The first kappa shape index (κ1) is 12.6. The highest BCUT2D eigenvalue weighted by atomic mass is 16.6. The van der Waals surface area contributed by atoms with E-state index in [4.69, 9.17) is 9.47 Å². The zero-order valence-electron chi connectivity index (χ0n) is 9.60. The number of rotatable bonds is 3. The van der Waals surface area contributed by atoms with E-state index in [9.17, 15) is 15.0 Å². The van der Waals surface area contributed by atoms with Gasteiger partial charge in [-0.05, 0) is 18.2 Å². The van der Waals surface area contributed by atoms with Crippen LogP contribution in [0.5, 0.6) is 0 Å². The maximum Gasteiger partial charge on any atom is 0.338 e. The zero-order valence-corrected chi connectivity index (χ0v) is 9.60. The normalized spacial score (nSPS) is 26.4. The Bertz CT molecular complexity index is 428. The number of aliphatic hydroxyl groups is 2. The second-order valence-corrected chi connectivity index (χ2v) is 3.95. The van der Waals surface area contributed by atoms with Gasteiger partial charge in [0.05, 0.1) is 11.8 Å². The summed E-state index contributed by atoms with van der Waals surface area (Å²) in [5.74, 6) is -0.490. The monoisotopic (exact) mass is 250 g/mol. The fourth-order valence-corrected chi connectivity index (χ4v) is 1.59. The molecule has 0 saturated carbocycles. The molecule has 0 radical (unpaired) electrons. The van der Waals surface area contributed by atoms with Crippen LogP contribution in [0.1, 0.15) is 10.4 Å². The van der Waals surface area contributed by atoms with Crippen LogP contribution in [0, 0.1) is 0 Å². The van der Waals surface area contributed by atoms with Gasteiger partial charge >= 0.3 is 5.97 Å². The van der Waals surface area contributed by atoms with Gasteiger partial charge in [-0.3, -0.25) is 0 Å². The molecular formula is C13H14O5. The Balaban J connectivity index is 1.89. The highest BCUT2D eigenvalue weighted by Gasteiger charge is 2.30. The summed E-state index contributed by atoms with van der Waals surface area (Å²) < 4.78 is 10.1. The van der Waals surface area contributed by atoms with E-state index in [1.807, 2.05) is 0 Å². The molecule has 3 atom stereocenters. The van der Waals surface area contributed by atoms with Crippen LogP contribution in [0.25, 0.3) is 0 Å². The molecule has 1 aromatic carbocycles. The van der Waals surface area contributed by atoms with Crippen LogP contribution in [0.4, 0.5) is 0 Å². The van der Waals surface area contributed by atoms with Crippen molar-refractivity contribution in [2.24, 2.45) is 0 Å². The van der Waals surface area contributed by atoms with Crippen molar-refractivity contribution in [2.75, 3.05) is 6.61 Å². The largest absolute Gasteiger partial charge is 0.492 e. The van der Waals surface area contributed by atoms with Crippen molar-refractivity contribution in [3.8, 4) is 0 Å². The molecule has 0 saturated heterocycles. The molecule has 1 aliphatic heterocycles. The summed E-state index contributed by atoms with van der Waals surface area (Å²) in [6, 6.07) is 8.53. The van der Waals surface area contributed by atoms with Gasteiger partial charge in [0, 0.05) is 0 Å². The van der Waals surface area contributed by atoms with E-state index < -0.39 is 24.3 Å². The number of carbonyl (C=O) groups excluding carboxylic acids is 1. The Hall–Kier alpha value is -1.85. The van der Waals surface area contributed by atoms with Crippen LogP contribution < -0.4 is 0 Å². The summed E-state index contributed by atoms with van der Waals surface area (Å²) in [7, 11) is 0. The Morgan fingerprint density at radius 3 is 2.72 bits per heavy atom. The third-order valence-corrected chi connectivity index (χ3v) is 2.65. The quantitative estimate of drug-likeness (QED) is 0.763. The lowest BCUT2D eigenvalue weighted by Gasteiger charge is -2.27. The third kappa shape index (κ3) is 2.88. The van der Waals surface area contributed by atoms with Gasteiger partial charge in [-0.1, -0.05) is 18.2 Å². The molecular weight excluding hydrogens is 236 g/mol.